The highest BCUT2D eigenvalue weighted by atomic mass is 32.1. The molecule has 0 aliphatic carbocycles. The van der Waals surface area contributed by atoms with Gasteiger partial charge in [-0.2, -0.15) is 4.37 Å². The number of nitrogen functional groups attached to an aromatic ring is 1. The number of rotatable bonds is 9. The number of amides is 3. The standard InChI is InChI=1S/C26H27FN6O3S/c1-14(2)10-11-30-25(35)22(18-13-31-19-9-4-3-8-17(18)19)33(16-7-5-6-15(27)12-16)26(36)23-20(28)21(24(29)34)32-37-23/h3-9,12-14,22,31H,10-11,28H2,1-2H3,(H2,29,34)(H,30,35)/t22-/m1/s1. The molecule has 2 heterocycles. The first-order valence-corrected chi connectivity index (χ1v) is 12.4. The van der Waals surface area contributed by atoms with Gasteiger partial charge in [-0.3, -0.25) is 19.3 Å². The Morgan fingerprint density at radius 3 is 2.59 bits per heavy atom. The maximum atomic E-state index is 14.4. The molecule has 2 aromatic heterocycles. The Morgan fingerprint density at radius 2 is 1.92 bits per heavy atom. The van der Waals surface area contributed by atoms with Gasteiger partial charge < -0.3 is 21.8 Å². The summed E-state index contributed by atoms with van der Waals surface area (Å²) in [5.41, 5.74) is 12.4. The van der Waals surface area contributed by atoms with Crippen LogP contribution in [0.3, 0.4) is 0 Å². The van der Waals surface area contributed by atoms with Crippen LogP contribution < -0.4 is 21.7 Å². The molecule has 0 aliphatic rings. The minimum absolute atomic E-state index is 0.0853. The van der Waals surface area contributed by atoms with Crippen molar-refractivity contribution in [3.05, 3.63) is 76.7 Å². The average molecular weight is 523 g/mol. The van der Waals surface area contributed by atoms with Crippen molar-refractivity contribution < 1.29 is 18.8 Å². The van der Waals surface area contributed by atoms with Crippen LogP contribution in [-0.4, -0.2) is 33.6 Å². The van der Waals surface area contributed by atoms with Crippen LogP contribution in [-0.2, 0) is 4.79 Å². The summed E-state index contributed by atoms with van der Waals surface area (Å²) in [4.78, 5) is 43.8. The molecule has 11 heteroatoms. The number of nitrogens with two attached hydrogens (primary N) is 2. The van der Waals surface area contributed by atoms with E-state index in [-0.39, 0.29) is 21.9 Å². The molecule has 37 heavy (non-hydrogen) atoms. The van der Waals surface area contributed by atoms with E-state index in [1.807, 2.05) is 38.1 Å². The molecule has 4 aromatic rings. The van der Waals surface area contributed by atoms with Crippen molar-refractivity contribution in [2.45, 2.75) is 26.3 Å². The summed E-state index contributed by atoms with van der Waals surface area (Å²) in [6.45, 7) is 4.46. The number of fused-ring (bicyclic) bond motifs is 1. The minimum Gasteiger partial charge on any atom is -0.395 e. The molecule has 9 nitrogen and oxygen atoms in total. The third kappa shape index (κ3) is 5.31. The fraction of sp³-hybridized carbons (Fsp3) is 0.231. The lowest BCUT2D eigenvalue weighted by atomic mass is 10.0. The summed E-state index contributed by atoms with van der Waals surface area (Å²) < 4.78 is 18.3. The molecule has 0 fully saturated rings. The molecule has 6 N–H and O–H groups in total. The van der Waals surface area contributed by atoms with E-state index in [2.05, 4.69) is 14.7 Å². The summed E-state index contributed by atoms with van der Waals surface area (Å²) in [5.74, 6) is -2.31. The molecular weight excluding hydrogens is 495 g/mol. The van der Waals surface area contributed by atoms with Gasteiger partial charge >= 0.3 is 0 Å². The Labute approximate surface area is 216 Å². The van der Waals surface area contributed by atoms with E-state index in [1.165, 1.54) is 23.1 Å². The third-order valence-electron chi connectivity index (χ3n) is 5.90. The number of hydrogen-bond donors (Lipinski definition) is 4. The molecule has 192 valence electrons. The zero-order valence-corrected chi connectivity index (χ0v) is 21.1. The molecule has 2 aromatic carbocycles. The fourth-order valence-corrected chi connectivity index (χ4v) is 4.79. The predicted molar refractivity (Wildman–Crippen MR) is 142 cm³/mol. The minimum atomic E-state index is -1.20. The van der Waals surface area contributed by atoms with Crippen LogP contribution in [0.25, 0.3) is 10.9 Å². The number of hydrogen-bond acceptors (Lipinski definition) is 6. The van der Waals surface area contributed by atoms with Gasteiger partial charge in [-0.05, 0) is 48.1 Å². The Hall–Kier alpha value is -4.25. The SMILES string of the molecule is CC(C)CCNC(=O)[C@@H](c1c[nH]c2ccccc12)N(C(=O)c1snc(C(N)=O)c1N)c1cccc(F)c1. The van der Waals surface area contributed by atoms with Crippen molar-refractivity contribution >= 4 is 51.5 Å². The summed E-state index contributed by atoms with van der Waals surface area (Å²) in [5, 5.41) is 3.64. The molecular formula is C26H27FN6O3S. The van der Waals surface area contributed by atoms with Gasteiger partial charge in [0.15, 0.2) is 5.69 Å². The van der Waals surface area contributed by atoms with Gasteiger partial charge in [0.1, 0.15) is 16.7 Å². The van der Waals surface area contributed by atoms with Crippen LogP contribution in [0.2, 0.25) is 0 Å². The van der Waals surface area contributed by atoms with Crippen molar-refractivity contribution in [3.63, 3.8) is 0 Å². The van der Waals surface area contributed by atoms with Gasteiger partial charge in [-0.1, -0.05) is 38.1 Å². The monoisotopic (exact) mass is 522 g/mol. The number of halogens is 1. The smallest absolute Gasteiger partial charge is 0.273 e. The molecule has 0 spiro atoms. The molecule has 0 bridgehead atoms. The number of carbonyl (C=O) groups is 3. The van der Waals surface area contributed by atoms with Crippen LogP contribution in [0.5, 0.6) is 0 Å². The van der Waals surface area contributed by atoms with E-state index >= 15 is 0 Å². The van der Waals surface area contributed by atoms with Crippen LogP contribution >= 0.6 is 11.5 Å². The largest absolute Gasteiger partial charge is 0.395 e. The lowest BCUT2D eigenvalue weighted by Crippen LogP contribution is -2.44. The van der Waals surface area contributed by atoms with Crippen molar-refractivity contribution in [2.75, 3.05) is 17.2 Å². The predicted octanol–water partition coefficient (Wildman–Crippen LogP) is 4.00. The van der Waals surface area contributed by atoms with E-state index < -0.39 is 29.6 Å². The molecule has 0 aliphatic heterocycles. The molecule has 0 radical (unpaired) electrons. The van der Waals surface area contributed by atoms with Crippen molar-refractivity contribution in [1.29, 1.82) is 0 Å². The third-order valence-corrected chi connectivity index (χ3v) is 6.76. The highest BCUT2D eigenvalue weighted by Gasteiger charge is 2.37. The van der Waals surface area contributed by atoms with Crippen LogP contribution in [0, 0.1) is 11.7 Å². The number of anilines is 2. The summed E-state index contributed by atoms with van der Waals surface area (Å²) in [7, 11) is 0. The zero-order valence-electron chi connectivity index (χ0n) is 20.3. The highest BCUT2D eigenvalue weighted by Crippen LogP contribution is 2.36. The second kappa shape index (κ2) is 10.8. The Kier molecular flexibility index (Phi) is 7.53. The van der Waals surface area contributed by atoms with E-state index in [4.69, 9.17) is 11.5 Å². The van der Waals surface area contributed by atoms with Gasteiger partial charge in [0.25, 0.3) is 11.8 Å². The Balaban J connectivity index is 1.90. The number of benzene rings is 2. The summed E-state index contributed by atoms with van der Waals surface area (Å²) in [6, 6.07) is 11.5. The van der Waals surface area contributed by atoms with Crippen LogP contribution in [0.4, 0.5) is 15.8 Å². The fourth-order valence-electron chi connectivity index (χ4n) is 4.05. The molecule has 1 atom stereocenters. The number of H-pyrrole nitrogens is 1. The van der Waals surface area contributed by atoms with Crippen LogP contribution in [0.1, 0.15) is 52.0 Å². The number of nitrogens with zero attached hydrogens (tertiary/aromatic N) is 2. The first kappa shape index (κ1) is 25.8. The van der Waals surface area contributed by atoms with Gasteiger partial charge in [0, 0.05) is 34.9 Å². The zero-order chi connectivity index (χ0) is 26.7. The number of aromatic nitrogens is 2. The maximum absolute atomic E-state index is 14.4. The number of nitrogens with one attached hydrogen (secondary N) is 2. The first-order chi connectivity index (χ1) is 17.7. The number of para-hydroxylation sites is 1. The Bertz CT molecular complexity index is 1460. The second-order valence-electron chi connectivity index (χ2n) is 8.96. The van der Waals surface area contributed by atoms with E-state index in [0.29, 0.717) is 29.6 Å². The lowest BCUT2D eigenvalue weighted by Gasteiger charge is -2.31. The normalized spacial score (nSPS) is 12.0. The van der Waals surface area contributed by atoms with Gasteiger partial charge in [-0.25, -0.2) is 4.39 Å². The topological polar surface area (TPSA) is 147 Å². The molecule has 3 amide bonds. The second-order valence-corrected chi connectivity index (χ2v) is 9.73. The van der Waals surface area contributed by atoms with Crippen molar-refractivity contribution in [3.8, 4) is 0 Å². The van der Waals surface area contributed by atoms with Gasteiger partial charge in [0.2, 0.25) is 5.91 Å². The highest BCUT2D eigenvalue weighted by molar-refractivity contribution is 7.09. The molecule has 4 rings (SSSR count). The van der Waals surface area contributed by atoms with Gasteiger partial charge in [-0.15, -0.1) is 0 Å². The average Bonchev–Trinajstić information content (AvgIpc) is 3.45. The van der Waals surface area contributed by atoms with Crippen molar-refractivity contribution in [2.24, 2.45) is 11.7 Å². The van der Waals surface area contributed by atoms with Crippen LogP contribution in [0.15, 0.2) is 54.7 Å². The maximum Gasteiger partial charge on any atom is 0.273 e. The quantitative estimate of drug-likeness (QED) is 0.262. The summed E-state index contributed by atoms with van der Waals surface area (Å²) in [6.07, 6.45) is 2.38. The van der Waals surface area contributed by atoms with E-state index in [9.17, 15) is 18.8 Å². The Morgan fingerprint density at radius 1 is 1.16 bits per heavy atom. The van der Waals surface area contributed by atoms with E-state index in [1.54, 1.807) is 6.20 Å². The number of primary amides is 1. The molecule has 0 saturated carbocycles. The number of carbonyl (C=O) groups excluding carboxylic acids is 3. The van der Waals surface area contributed by atoms with Crippen molar-refractivity contribution in [1.82, 2.24) is 14.7 Å². The van der Waals surface area contributed by atoms with E-state index in [0.717, 1.165) is 23.4 Å². The lowest BCUT2D eigenvalue weighted by molar-refractivity contribution is -0.122. The first-order valence-electron chi connectivity index (χ1n) is 11.7. The molecule has 0 saturated heterocycles. The molecule has 0 unspecified atom stereocenters. The van der Waals surface area contributed by atoms with Gasteiger partial charge in [0.05, 0.1) is 5.69 Å². The number of aromatic amines is 1. The summed E-state index contributed by atoms with van der Waals surface area (Å²) >= 11 is 0.691.